The smallest absolute Gasteiger partial charge is 0.116 e. The number of fused-ring (bicyclic) bond motifs is 6. The average molecular weight is 495 g/mol. The zero-order valence-electron chi connectivity index (χ0n) is 21.2. The normalized spacial score (nSPS) is 12.7. The Morgan fingerprint density at radius 1 is 0.829 bits per heavy atom. The molecule has 0 spiro atoms. The van der Waals surface area contributed by atoms with Gasteiger partial charge in [0.05, 0.1) is 25.3 Å². The predicted octanol–water partition coefficient (Wildman–Crippen LogP) is 9.68. The second-order valence-corrected chi connectivity index (χ2v) is 13.3. The predicted molar refractivity (Wildman–Crippen MR) is 155 cm³/mol. The first kappa shape index (κ1) is 22.6. The van der Waals surface area contributed by atoms with Gasteiger partial charge >= 0.3 is 0 Å². The van der Waals surface area contributed by atoms with Gasteiger partial charge in [-0.1, -0.05) is 71.0 Å². The van der Waals surface area contributed by atoms with Gasteiger partial charge in [0.1, 0.15) is 6.33 Å². The Kier molecular flexibility index (Phi) is 5.24. The van der Waals surface area contributed by atoms with Crippen LogP contribution in [0.1, 0.15) is 50.6 Å². The molecule has 3 aromatic heterocycles. The molecular weight excluding hydrogens is 464 g/mol. The fraction of sp³-hybridized carbons (Fsp3) is 0.290. The van der Waals surface area contributed by atoms with Crippen LogP contribution in [0.3, 0.4) is 0 Å². The molecule has 176 valence electrons. The van der Waals surface area contributed by atoms with E-state index in [4.69, 9.17) is 9.97 Å². The van der Waals surface area contributed by atoms with Gasteiger partial charge in [-0.25, -0.2) is 9.97 Å². The highest BCUT2D eigenvalue weighted by Crippen LogP contribution is 2.45. The molecule has 3 aromatic carbocycles. The molecule has 0 aliphatic rings. The van der Waals surface area contributed by atoms with E-state index in [1.54, 1.807) is 6.33 Å². The number of nitrogens with zero attached hydrogens (tertiary/aromatic N) is 2. The first-order valence-electron chi connectivity index (χ1n) is 12.3. The second kappa shape index (κ2) is 8.11. The second-order valence-electron chi connectivity index (χ2n) is 11.1. The molecule has 6 rings (SSSR count). The van der Waals surface area contributed by atoms with E-state index in [-0.39, 0.29) is 5.41 Å². The van der Waals surface area contributed by atoms with Crippen LogP contribution >= 0.6 is 22.7 Å². The molecule has 0 fully saturated rings. The van der Waals surface area contributed by atoms with Crippen molar-refractivity contribution in [1.82, 2.24) is 9.97 Å². The number of rotatable bonds is 3. The summed E-state index contributed by atoms with van der Waals surface area (Å²) in [5.41, 5.74) is 6.18. The van der Waals surface area contributed by atoms with Crippen molar-refractivity contribution in [3.8, 4) is 11.3 Å². The summed E-state index contributed by atoms with van der Waals surface area (Å²) in [6, 6.07) is 17.9. The minimum absolute atomic E-state index is 0.0371. The first-order chi connectivity index (χ1) is 16.7. The lowest BCUT2D eigenvalue weighted by molar-refractivity contribution is 0.596. The standard InChI is InChI=1S/C31H30N2S2/c1-17(2)13-24-18(3)34-28-22(24)11-12-23-27-30(35-29(23)28)26(32-16-33-27)20-14-19-9-7-8-10-21(19)25(15-20)31(4,5)6/h7-12,14-17H,13H2,1-6H3. The third-order valence-corrected chi connectivity index (χ3v) is 9.47. The molecule has 6 aromatic rings. The minimum atomic E-state index is 0.0371. The minimum Gasteiger partial charge on any atom is -0.235 e. The Balaban J connectivity index is 1.64. The van der Waals surface area contributed by atoms with Crippen LogP contribution in [0.15, 0.2) is 54.9 Å². The van der Waals surface area contributed by atoms with Crippen molar-refractivity contribution in [3.05, 3.63) is 70.9 Å². The van der Waals surface area contributed by atoms with Gasteiger partial charge in [0.15, 0.2) is 0 Å². The summed E-state index contributed by atoms with van der Waals surface area (Å²) in [6.07, 6.45) is 2.86. The maximum Gasteiger partial charge on any atom is 0.116 e. The Hall–Kier alpha value is -2.82. The highest BCUT2D eigenvalue weighted by Gasteiger charge is 2.22. The zero-order valence-corrected chi connectivity index (χ0v) is 22.8. The van der Waals surface area contributed by atoms with Crippen LogP contribution in [0.2, 0.25) is 0 Å². The van der Waals surface area contributed by atoms with Crippen LogP contribution in [-0.4, -0.2) is 9.97 Å². The van der Waals surface area contributed by atoms with Crippen molar-refractivity contribution in [1.29, 1.82) is 0 Å². The monoisotopic (exact) mass is 494 g/mol. The largest absolute Gasteiger partial charge is 0.235 e. The topological polar surface area (TPSA) is 25.8 Å². The van der Waals surface area contributed by atoms with Gasteiger partial charge in [-0.05, 0) is 64.1 Å². The summed E-state index contributed by atoms with van der Waals surface area (Å²) >= 11 is 3.79. The van der Waals surface area contributed by atoms with E-state index in [2.05, 4.69) is 90.1 Å². The van der Waals surface area contributed by atoms with E-state index in [9.17, 15) is 0 Å². The van der Waals surface area contributed by atoms with Crippen LogP contribution < -0.4 is 0 Å². The number of hydrogen-bond acceptors (Lipinski definition) is 4. The van der Waals surface area contributed by atoms with E-state index in [0.29, 0.717) is 5.92 Å². The Labute approximate surface area is 214 Å². The Bertz CT molecular complexity index is 1750. The van der Waals surface area contributed by atoms with Gasteiger partial charge < -0.3 is 0 Å². The van der Waals surface area contributed by atoms with Gasteiger partial charge in [0.25, 0.3) is 0 Å². The maximum absolute atomic E-state index is 4.85. The Morgan fingerprint density at radius 3 is 2.34 bits per heavy atom. The van der Waals surface area contributed by atoms with Crippen molar-refractivity contribution >= 4 is 63.8 Å². The van der Waals surface area contributed by atoms with Crippen LogP contribution in [0.25, 0.3) is 52.4 Å². The molecule has 0 saturated carbocycles. The summed E-state index contributed by atoms with van der Waals surface area (Å²) in [6.45, 7) is 13.8. The van der Waals surface area contributed by atoms with Crippen LogP contribution in [0.5, 0.6) is 0 Å². The molecular formula is C31H30N2S2. The van der Waals surface area contributed by atoms with Gasteiger partial charge in [-0.3, -0.25) is 0 Å². The van der Waals surface area contributed by atoms with Crippen molar-refractivity contribution < 1.29 is 0 Å². The molecule has 0 unspecified atom stereocenters. The van der Waals surface area contributed by atoms with E-state index < -0.39 is 0 Å². The van der Waals surface area contributed by atoms with E-state index in [1.165, 1.54) is 57.2 Å². The fourth-order valence-corrected chi connectivity index (χ4v) is 7.88. The van der Waals surface area contributed by atoms with Crippen molar-refractivity contribution in [2.75, 3.05) is 0 Å². The molecule has 0 N–H and O–H groups in total. The molecule has 0 aliphatic heterocycles. The third-order valence-electron chi connectivity index (χ3n) is 6.94. The maximum atomic E-state index is 4.85. The molecule has 0 radical (unpaired) electrons. The zero-order chi connectivity index (χ0) is 24.5. The number of thiophene rings is 2. The number of hydrogen-bond donors (Lipinski definition) is 0. The quantitative estimate of drug-likeness (QED) is 0.245. The number of benzene rings is 3. The molecule has 0 aliphatic carbocycles. The molecule has 2 nitrogen and oxygen atoms in total. The van der Waals surface area contributed by atoms with E-state index in [0.717, 1.165) is 17.6 Å². The lowest BCUT2D eigenvalue weighted by Crippen LogP contribution is -2.12. The third kappa shape index (κ3) is 3.66. The summed E-state index contributed by atoms with van der Waals surface area (Å²) in [4.78, 5) is 11.1. The molecule has 3 heterocycles. The Morgan fingerprint density at radius 2 is 1.57 bits per heavy atom. The average Bonchev–Trinajstić information content (AvgIpc) is 3.35. The summed E-state index contributed by atoms with van der Waals surface area (Å²) in [7, 11) is 0. The fourth-order valence-electron chi connectivity index (χ4n) is 5.29. The molecule has 35 heavy (non-hydrogen) atoms. The number of aryl methyl sites for hydroxylation is 1. The first-order valence-corrected chi connectivity index (χ1v) is 14.0. The summed E-state index contributed by atoms with van der Waals surface area (Å²) < 4.78 is 3.93. The molecule has 4 heteroatoms. The van der Waals surface area contributed by atoms with Crippen molar-refractivity contribution in [3.63, 3.8) is 0 Å². The van der Waals surface area contributed by atoms with Gasteiger partial charge in [-0.2, -0.15) is 0 Å². The lowest BCUT2D eigenvalue weighted by Gasteiger charge is -2.22. The van der Waals surface area contributed by atoms with Gasteiger partial charge in [0, 0.05) is 15.8 Å². The van der Waals surface area contributed by atoms with Gasteiger partial charge in [-0.15, -0.1) is 22.7 Å². The SMILES string of the molecule is Cc1sc2c(ccc3c4ncnc(-c5cc(C(C)(C)C)c6ccccc6c5)c4sc32)c1CC(C)C. The highest BCUT2D eigenvalue weighted by molar-refractivity contribution is 7.31. The number of aromatic nitrogens is 2. The van der Waals surface area contributed by atoms with Crippen molar-refractivity contribution in [2.24, 2.45) is 5.92 Å². The van der Waals surface area contributed by atoms with E-state index in [1.807, 2.05) is 22.7 Å². The van der Waals surface area contributed by atoms with Gasteiger partial charge in [0.2, 0.25) is 0 Å². The van der Waals surface area contributed by atoms with E-state index >= 15 is 0 Å². The van der Waals surface area contributed by atoms with Crippen LogP contribution in [0, 0.1) is 12.8 Å². The molecule has 0 saturated heterocycles. The molecule has 0 amide bonds. The lowest BCUT2D eigenvalue weighted by atomic mass is 9.82. The van der Waals surface area contributed by atoms with Crippen LogP contribution in [-0.2, 0) is 11.8 Å². The molecule has 0 bridgehead atoms. The highest BCUT2D eigenvalue weighted by atomic mass is 32.1. The molecule has 0 atom stereocenters. The summed E-state index contributed by atoms with van der Waals surface area (Å²) in [5.74, 6) is 0.645. The summed E-state index contributed by atoms with van der Waals surface area (Å²) in [5, 5.41) is 5.24. The van der Waals surface area contributed by atoms with Crippen molar-refractivity contribution in [2.45, 2.75) is 53.4 Å². The van der Waals surface area contributed by atoms with Crippen LogP contribution in [0.4, 0.5) is 0 Å².